The summed E-state index contributed by atoms with van der Waals surface area (Å²) in [6, 6.07) is 8.38. The summed E-state index contributed by atoms with van der Waals surface area (Å²) >= 11 is 0. The maximum absolute atomic E-state index is 13.3. The number of hydrogen-bond acceptors (Lipinski definition) is 3. The summed E-state index contributed by atoms with van der Waals surface area (Å²) in [5, 5.41) is 0. The zero-order chi connectivity index (χ0) is 22.5. The number of amides is 2. The molecule has 1 saturated heterocycles. The molecule has 7 heteroatoms. The first kappa shape index (κ1) is 23.0. The van der Waals surface area contributed by atoms with Crippen LogP contribution in [0.4, 0.5) is 4.39 Å². The number of aromatic nitrogens is 1. The average Bonchev–Trinajstić information content (AvgIpc) is 3.10. The molecule has 1 aromatic carbocycles. The number of H-pyrrole nitrogens is 1. The first-order chi connectivity index (χ1) is 14.8. The predicted octanol–water partition coefficient (Wildman–Crippen LogP) is 3.34. The van der Waals surface area contributed by atoms with E-state index in [9.17, 15) is 14.0 Å². The maximum atomic E-state index is 13.3. The van der Waals surface area contributed by atoms with Gasteiger partial charge in [0.15, 0.2) is 0 Å². The summed E-state index contributed by atoms with van der Waals surface area (Å²) in [4.78, 5) is 32.3. The number of hydrogen-bond donors (Lipinski definition) is 1. The van der Waals surface area contributed by atoms with Crippen LogP contribution in [0.25, 0.3) is 0 Å². The van der Waals surface area contributed by atoms with Crippen LogP contribution in [0.1, 0.15) is 40.2 Å². The van der Waals surface area contributed by atoms with Gasteiger partial charge in [-0.3, -0.25) is 9.59 Å². The highest BCUT2D eigenvalue weighted by molar-refractivity contribution is 5.94. The molecule has 168 valence electrons. The van der Waals surface area contributed by atoms with Crippen molar-refractivity contribution in [1.82, 2.24) is 14.8 Å². The number of carbonyl (C=O) groups excluding carboxylic acids is 2. The van der Waals surface area contributed by atoms with Crippen LogP contribution in [-0.4, -0.2) is 66.5 Å². The van der Waals surface area contributed by atoms with Crippen molar-refractivity contribution in [2.75, 3.05) is 33.9 Å². The molecule has 3 rings (SSSR count). The van der Waals surface area contributed by atoms with E-state index in [4.69, 9.17) is 4.74 Å². The van der Waals surface area contributed by atoms with Crippen LogP contribution in [0.3, 0.4) is 0 Å². The highest BCUT2D eigenvalue weighted by Crippen LogP contribution is 2.28. The lowest BCUT2D eigenvalue weighted by Crippen LogP contribution is -2.49. The lowest BCUT2D eigenvalue weighted by atomic mass is 9.84. The number of ether oxygens (including phenoxy) is 1. The number of aromatic amines is 1. The van der Waals surface area contributed by atoms with Crippen LogP contribution in [-0.2, 0) is 16.0 Å². The lowest BCUT2D eigenvalue weighted by Gasteiger charge is -2.40. The fraction of sp³-hybridized carbons (Fsp3) is 0.500. The van der Waals surface area contributed by atoms with E-state index in [-0.39, 0.29) is 36.2 Å². The molecular formula is C24H32FN3O3. The maximum Gasteiger partial charge on any atom is 0.270 e. The van der Waals surface area contributed by atoms with E-state index in [0.29, 0.717) is 25.2 Å². The van der Waals surface area contributed by atoms with Crippen molar-refractivity contribution in [3.63, 3.8) is 0 Å². The SMILES string of the molecule is COCC(=O)N(C)C(Cc1ccc(F)cc1)C1CCN(C(=O)c2[nH]c(C)cc2C)CC1. The Hall–Kier alpha value is -2.67. The van der Waals surface area contributed by atoms with Gasteiger partial charge in [0.2, 0.25) is 5.91 Å². The second-order valence-electron chi connectivity index (χ2n) is 8.48. The molecule has 0 spiro atoms. The monoisotopic (exact) mass is 429 g/mol. The highest BCUT2D eigenvalue weighted by atomic mass is 19.1. The first-order valence-corrected chi connectivity index (χ1v) is 10.7. The second-order valence-corrected chi connectivity index (χ2v) is 8.48. The standard InChI is InChI=1S/C24H32FN3O3/c1-16-13-17(2)26-23(16)24(30)28-11-9-19(10-12-28)21(27(3)22(29)15-31-4)14-18-5-7-20(25)8-6-18/h5-8,13,19,21,26H,9-12,14-15H2,1-4H3. The van der Waals surface area contributed by atoms with E-state index in [2.05, 4.69) is 4.98 Å². The van der Waals surface area contributed by atoms with Crippen LogP contribution in [0.15, 0.2) is 30.3 Å². The number of piperidine rings is 1. The van der Waals surface area contributed by atoms with Gasteiger partial charge in [-0.2, -0.15) is 0 Å². The lowest BCUT2D eigenvalue weighted by molar-refractivity contribution is -0.137. The molecule has 1 unspecified atom stereocenters. The number of aryl methyl sites for hydroxylation is 2. The van der Waals surface area contributed by atoms with Crippen molar-refractivity contribution >= 4 is 11.8 Å². The summed E-state index contributed by atoms with van der Waals surface area (Å²) in [5.74, 6) is -0.0780. The van der Waals surface area contributed by atoms with Crippen LogP contribution in [0.5, 0.6) is 0 Å². The Labute approximate surface area is 183 Å². The van der Waals surface area contributed by atoms with E-state index >= 15 is 0 Å². The largest absolute Gasteiger partial charge is 0.375 e. The van der Waals surface area contributed by atoms with Crippen molar-refractivity contribution in [3.8, 4) is 0 Å². The van der Waals surface area contributed by atoms with Gasteiger partial charge in [0.05, 0.1) is 0 Å². The molecule has 1 fully saturated rings. The van der Waals surface area contributed by atoms with Gasteiger partial charge in [-0.25, -0.2) is 4.39 Å². The Morgan fingerprint density at radius 2 is 1.87 bits per heavy atom. The van der Waals surface area contributed by atoms with Crippen LogP contribution < -0.4 is 0 Å². The van der Waals surface area contributed by atoms with Crippen LogP contribution >= 0.6 is 0 Å². The molecule has 2 amide bonds. The first-order valence-electron chi connectivity index (χ1n) is 10.7. The van der Waals surface area contributed by atoms with Gasteiger partial charge in [0.25, 0.3) is 5.91 Å². The molecule has 31 heavy (non-hydrogen) atoms. The minimum Gasteiger partial charge on any atom is -0.375 e. The number of rotatable bonds is 7. The number of nitrogens with zero attached hydrogens (tertiary/aromatic N) is 2. The Morgan fingerprint density at radius 1 is 1.23 bits per heavy atom. The number of benzene rings is 1. The summed E-state index contributed by atoms with van der Waals surface area (Å²) in [5.41, 5.74) is 3.59. The fourth-order valence-electron chi connectivity index (χ4n) is 4.49. The summed E-state index contributed by atoms with van der Waals surface area (Å²) in [7, 11) is 3.31. The van der Waals surface area contributed by atoms with Crippen molar-refractivity contribution < 1.29 is 18.7 Å². The third kappa shape index (κ3) is 5.53. The smallest absolute Gasteiger partial charge is 0.270 e. The molecule has 1 atom stereocenters. The minimum absolute atomic E-state index is 0.0270. The van der Waals surface area contributed by atoms with Gasteiger partial charge in [0.1, 0.15) is 18.1 Å². The second kappa shape index (κ2) is 10.1. The number of nitrogens with one attached hydrogen (secondary N) is 1. The Morgan fingerprint density at radius 3 is 2.42 bits per heavy atom. The van der Waals surface area contributed by atoms with Crippen molar-refractivity contribution in [1.29, 1.82) is 0 Å². The number of carbonyl (C=O) groups is 2. The van der Waals surface area contributed by atoms with Gasteiger partial charge >= 0.3 is 0 Å². The molecule has 1 aromatic heterocycles. The van der Waals surface area contributed by atoms with E-state index in [1.54, 1.807) is 24.1 Å². The Kier molecular flexibility index (Phi) is 7.49. The normalized spacial score (nSPS) is 15.7. The molecule has 0 radical (unpaired) electrons. The van der Waals surface area contributed by atoms with E-state index in [1.807, 2.05) is 24.8 Å². The van der Waals surface area contributed by atoms with E-state index < -0.39 is 0 Å². The summed E-state index contributed by atoms with van der Waals surface area (Å²) < 4.78 is 18.4. The van der Waals surface area contributed by atoms with Crippen molar-refractivity contribution in [2.24, 2.45) is 5.92 Å². The van der Waals surface area contributed by atoms with Crippen LogP contribution in [0, 0.1) is 25.6 Å². The number of methoxy groups -OCH3 is 1. The van der Waals surface area contributed by atoms with E-state index in [0.717, 1.165) is 29.7 Å². The molecule has 0 aliphatic carbocycles. The molecule has 2 heterocycles. The highest BCUT2D eigenvalue weighted by Gasteiger charge is 2.33. The molecule has 0 bridgehead atoms. The Balaban J connectivity index is 1.71. The number of likely N-dealkylation sites (tertiary alicyclic amines) is 1. The fourth-order valence-corrected chi connectivity index (χ4v) is 4.49. The number of likely N-dealkylation sites (N-methyl/N-ethyl adjacent to an activating group) is 1. The molecular weight excluding hydrogens is 397 g/mol. The molecule has 0 saturated carbocycles. The van der Waals surface area contributed by atoms with Crippen LogP contribution in [0.2, 0.25) is 0 Å². The predicted molar refractivity (Wildman–Crippen MR) is 117 cm³/mol. The van der Waals surface area contributed by atoms with Gasteiger partial charge in [-0.1, -0.05) is 12.1 Å². The van der Waals surface area contributed by atoms with E-state index in [1.165, 1.54) is 19.2 Å². The quantitative estimate of drug-likeness (QED) is 0.734. The van der Waals surface area contributed by atoms with Gasteiger partial charge in [-0.05, 0) is 68.4 Å². The molecule has 1 aliphatic rings. The minimum atomic E-state index is -0.272. The summed E-state index contributed by atoms with van der Waals surface area (Å²) in [6.07, 6.45) is 2.25. The topological polar surface area (TPSA) is 65.6 Å². The van der Waals surface area contributed by atoms with Gasteiger partial charge in [0, 0.05) is 39.0 Å². The van der Waals surface area contributed by atoms with Crippen molar-refractivity contribution in [2.45, 2.75) is 39.2 Å². The molecule has 1 N–H and O–H groups in total. The summed E-state index contributed by atoms with van der Waals surface area (Å²) in [6.45, 7) is 5.21. The van der Waals surface area contributed by atoms with Crippen molar-refractivity contribution in [3.05, 3.63) is 58.7 Å². The molecule has 2 aromatic rings. The zero-order valence-electron chi connectivity index (χ0n) is 18.8. The average molecular weight is 430 g/mol. The number of halogens is 1. The Bertz CT molecular complexity index is 901. The molecule has 6 nitrogen and oxygen atoms in total. The van der Waals surface area contributed by atoms with Gasteiger partial charge in [-0.15, -0.1) is 0 Å². The zero-order valence-corrected chi connectivity index (χ0v) is 18.8. The van der Waals surface area contributed by atoms with Gasteiger partial charge < -0.3 is 19.5 Å². The third-order valence-corrected chi connectivity index (χ3v) is 6.25. The third-order valence-electron chi connectivity index (χ3n) is 6.25. The molecule has 1 aliphatic heterocycles.